The third-order valence-electron chi connectivity index (χ3n) is 2.84. The predicted octanol–water partition coefficient (Wildman–Crippen LogP) is 8.32. The molecule has 0 aromatic heterocycles. The maximum atomic E-state index is 4.82. The minimum Gasteiger partial charge on any atom is -0.668 e. The molecule has 26 heavy (non-hydrogen) atoms. The molecular formula is C18H52CoN2PSi4+. The van der Waals surface area contributed by atoms with E-state index in [0.29, 0.717) is 5.16 Å². The minimum atomic E-state index is -1.11. The first-order valence-electron chi connectivity index (χ1n) is 9.64. The van der Waals surface area contributed by atoms with Gasteiger partial charge in [0.1, 0.15) is 0 Å². The molecule has 0 aliphatic heterocycles. The zero-order valence-electron chi connectivity index (χ0n) is 21.2. The molecule has 0 aliphatic carbocycles. The largest absolute Gasteiger partial charge is 2.00 e. The molecule has 8 heteroatoms. The average molecular weight is 499 g/mol. The van der Waals surface area contributed by atoms with Gasteiger partial charge in [-0.2, -0.15) is 0 Å². The zero-order valence-corrected chi connectivity index (χ0v) is 27.3. The molecular weight excluding hydrogens is 446 g/mol. The minimum absolute atomic E-state index is 0. The van der Waals surface area contributed by atoms with Crippen LogP contribution in [0.15, 0.2) is 0 Å². The van der Waals surface area contributed by atoms with Gasteiger partial charge in [-0.3, -0.25) is 0 Å². The molecule has 163 valence electrons. The van der Waals surface area contributed by atoms with Crippen LogP contribution in [-0.4, -0.2) is 51.4 Å². The van der Waals surface area contributed by atoms with Crippen molar-refractivity contribution in [3.63, 3.8) is 0 Å². The standard InChI is InChI=1S/2C6H18NSi2.C6H15P.Co/c2*1-8(2,3)7-9(4,5)6;1-6(2,3)7(4)5;/h2*1-6H3;1-5H3;/q2*-1;;+2/p+1. The summed E-state index contributed by atoms with van der Waals surface area (Å²) in [4.78, 5) is 0. The fourth-order valence-electron chi connectivity index (χ4n) is 2.01. The normalized spacial score (nSPS) is 13.2. The van der Waals surface area contributed by atoms with E-state index >= 15 is 0 Å². The van der Waals surface area contributed by atoms with Crippen molar-refractivity contribution in [2.45, 2.75) is 104 Å². The van der Waals surface area contributed by atoms with Gasteiger partial charge in [-0.15, -0.1) is 0 Å². The molecule has 0 aromatic rings. The molecule has 0 aliphatic rings. The second kappa shape index (κ2) is 13.1. The SMILES string of the molecule is C[PH+](C)C(C)(C)C.C[Si](C)(C)[N-][Si](C)(C)C.C[Si](C)(C)[N-][Si](C)(C)C.[Co+2]. The Hall–Kier alpha value is 1.72. The van der Waals surface area contributed by atoms with E-state index in [2.05, 4.69) is 113 Å². The van der Waals surface area contributed by atoms with Gasteiger partial charge in [0.05, 0.1) is 5.16 Å². The van der Waals surface area contributed by atoms with E-state index in [0.717, 1.165) is 0 Å². The molecule has 1 radical (unpaired) electrons. The van der Waals surface area contributed by atoms with E-state index in [1.807, 2.05) is 0 Å². The van der Waals surface area contributed by atoms with Crippen LogP contribution in [0.3, 0.4) is 0 Å². The fraction of sp³-hybridized carbons (Fsp3) is 1.00. The van der Waals surface area contributed by atoms with Crippen LogP contribution in [0.4, 0.5) is 0 Å². The quantitative estimate of drug-likeness (QED) is 0.275. The van der Waals surface area contributed by atoms with E-state index in [-0.39, 0.29) is 24.7 Å². The second-order valence-electron chi connectivity index (χ2n) is 12.2. The summed E-state index contributed by atoms with van der Waals surface area (Å²) in [5.74, 6) is 0. The Morgan fingerprint density at radius 1 is 0.500 bits per heavy atom. The third-order valence-corrected chi connectivity index (χ3v) is 16.6. The molecule has 0 rings (SSSR count). The van der Waals surface area contributed by atoms with Gasteiger partial charge >= 0.3 is 16.8 Å². The van der Waals surface area contributed by atoms with E-state index in [1.54, 1.807) is 0 Å². The maximum absolute atomic E-state index is 4.82. The van der Waals surface area contributed by atoms with Crippen molar-refractivity contribution in [1.29, 1.82) is 0 Å². The van der Waals surface area contributed by atoms with Crippen molar-refractivity contribution >= 4 is 40.9 Å². The van der Waals surface area contributed by atoms with E-state index in [9.17, 15) is 0 Å². The summed E-state index contributed by atoms with van der Waals surface area (Å²) in [6, 6.07) is 0. The molecule has 2 nitrogen and oxygen atoms in total. The Morgan fingerprint density at radius 3 is 0.615 bits per heavy atom. The molecule has 0 unspecified atom stereocenters. The Kier molecular flexibility index (Phi) is 17.7. The van der Waals surface area contributed by atoms with Gasteiger partial charge < -0.3 is 9.30 Å². The summed E-state index contributed by atoms with van der Waals surface area (Å²) in [5.41, 5.74) is 0. The van der Waals surface area contributed by atoms with Crippen LogP contribution in [0.25, 0.3) is 9.30 Å². The first kappa shape index (κ1) is 35.2. The van der Waals surface area contributed by atoms with Crippen LogP contribution in [0.5, 0.6) is 0 Å². The predicted molar refractivity (Wildman–Crippen MR) is 140 cm³/mol. The number of hydrogen-bond acceptors (Lipinski definition) is 0. The zero-order chi connectivity index (χ0) is 21.5. The smallest absolute Gasteiger partial charge is 0.668 e. The molecule has 0 spiro atoms. The second-order valence-corrected chi connectivity index (χ2v) is 34.8. The van der Waals surface area contributed by atoms with Gasteiger partial charge in [-0.05, 0) is 28.7 Å². The first-order valence-corrected chi connectivity index (χ1v) is 25.9. The van der Waals surface area contributed by atoms with Gasteiger partial charge in [0.2, 0.25) is 0 Å². The molecule has 0 bridgehead atoms. The third kappa shape index (κ3) is 40.4. The molecule has 0 heterocycles. The van der Waals surface area contributed by atoms with Gasteiger partial charge in [-0.1, -0.05) is 112 Å². The van der Waals surface area contributed by atoms with Crippen LogP contribution < -0.4 is 0 Å². The molecule has 0 fully saturated rings. The van der Waals surface area contributed by atoms with Crippen molar-refractivity contribution in [2.24, 2.45) is 0 Å². The summed E-state index contributed by atoms with van der Waals surface area (Å²) >= 11 is 0. The van der Waals surface area contributed by atoms with Crippen molar-refractivity contribution in [2.75, 3.05) is 13.3 Å². The topological polar surface area (TPSA) is 28.2 Å². The summed E-state index contributed by atoms with van der Waals surface area (Å²) in [5, 5.41) is 0.602. The van der Waals surface area contributed by atoms with Crippen LogP contribution in [0, 0.1) is 0 Å². The van der Waals surface area contributed by atoms with Crippen LogP contribution in [-0.2, 0) is 16.8 Å². The summed E-state index contributed by atoms with van der Waals surface area (Å²) in [7, 11) is -4.47. The number of hydrogen-bond donors (Lipinski definition) is 0. The number of nitrogens with zero attached hydrogens (tertiary/aromatic N) is 2. The molecule has 0 saturated carbocycles. The monoisotopic (exact) mass is 498 g/mol. The summed E-state index contributed by atoms with van der Waals surface area (Å²) in [6.45, 7) is 39.2. The van der Waals surface area contributed by atoms with Crippen LogP contribution >= 0.6 is 7.92 Å². The Labute approximate surface area is 184 Å². The van der Waals surface area contributed by atoms with Crippen molar-refractivity contribution in [3.05, 3.63) is 9.30 Å². The van der Waals surface area contributed by atoms with E-state index < -0.39 is 32.9 Å². The first-order chi connectivity index (χ1) is 10.4. The van der Waals surface area contributed by atoms with Crippen LogP contribution in [0.1, 0.15) is 20.8 Å². The van der Waals surface area contributed by atoms with Crippen molar-refractivity contribution in [3.8, 4) is 0 Å². The van der Waals surface area contributed by atoms with E-state index in [1.165, 1.54) is 0 Å². The van der Waals surface area contributed by atoms with E-state index in [4.69, 9.17) is 9.30 Å². The van der Waals surface area contributed by atoms with Gasteiger partial charge in [0, 0.05) is 13.3 Å². The Bertz CT molecular complexity index is 297. The maximum Gasteiger partial charge on any atom is 2.00 e. The van der Waals surface area contributed by atoms with Crippen molar-refractivity contribution in [1.82, 2.24) is 0 Å². The average Bonchev–Trinajstić information content (AvgIpc) is 2.03. The summed E-state index contributed by atoms with van der Waals surface area (Å²) in [6.07, 6.45) is 0. The van der Waals surface area contributed by atoms with Gasteiger partial charge in [0.25, 0.3) is 0 Å². The molecule has 0 N–H and O–H groups in total. The molecule has 0 atom stereocenters. The van der Waals surface area contributed by atoms with Crippen molar-refractivity contribution < 1.29 is 16.8 Å². The number of rotatable bonds is 4. The Balaban J connectivity index is -0.000000138. The fourth-order valence-corrected chi connectivity index (χ4v) is 18.1. The molecule has 0 amide bonds. The van der Waals surface area contributed by atoms with Gasteiger partial charge in [0.15, 0.2) is 0 Å². The van der Waals surface area contributed by atoms with Gasteiger partial charge in [-0.25, -0.2) is 0 Å². The molecule has 0 aromatic carbocycles. The summed E-state index contributed by atoms with van der Waals surface area (Å²) < 4.78 is 9.64. The molecule has 0 saturated heterocycles. The van der Waals surface area contributed by atoms with Crippen LogP contribution in [0.2, 0.25) is 78.6 Å². The Morgan fingerprint density at radius 2 is 0.615 bits per heavy atom.